The van der Waals surface area contributed by atoms with Crippen LogP contribution in [-0.4, -0.2) is 29.5 Å². The van der Waals surface area contributed by atoms with Gasteiger partial charge in [0.15, 0.2) is 0 Å². The lowest BCUT2D eigenvalue weighted by molar-refractivity contribution is -0.114. The molecule has 1 aromatic carbocycles. The highest BCUT2D eigenvalue weighted by Crippen LogP contribution is 2.13. The molecule has 100 valence electrons. The van der Waals surface area contributed by atoms with Crippen LogP contribution < -0.4 is 5.32 Å². The number of aromatic amines is 1. The molecule has 0 atom stereocenters. The smallest absolute Gasteiger partial charge is 0.249 e. The molecule has 0 spiro atoms. The summed E-state index contributed by atoms with van der Waals surface area (Å²) in [6.07, 6.45) is 0. The molecule has 0 radical (unpaired) electrons. The van der Waals surface area contributed by atoms with Crippen LogP contribution in [0.4, 0.5) is 5.95 Å². The van der Waals surface area contributed by atoms with Crippen molar-refractivity contribution in [1.82, 2.24) is 15.2 Å². The first kappa shape index (κ1) is 13.2. The van der Waals surface area contributed by atoms with Crippen LogP contribution in [0.2, 0.25) is 0 Å². The standard InChI is InChI=1S/C11H12N4O3S/c1-8(16)12-10-13-11(15-14-10)19(17,18)7-9-5-3-2-4-6-9/h2-6H,7H2,1H3,(H2,12,13,14,15,16). The zero-order valence-electron chi connectivity index (χ0n) is 10.1. The number of sulfone groups is 1. The van der Waals surface area contributed by atoms with Gasteiger partial charge in [-0.25, -0.2) is 13.5 Å². The normalized spacial score (nSPS) is 11.2. The molecule has 1 heterocycles. The first-order chi connectivity index (χ1) is 8.97. The lowest BCUT2D eigenvalue weighted by Crippen LogP contribution is -2.09. The van der Waals surface area contributed by atoms with Gasteiger partial charge in [-0.15, -0.1) is 5.10 Å². The molecule has 0 saturated heterocycles. The van der Waals surface area contributed by atoms with Gasteiger partial charge >= 0.3 is 0 Å². The van der Waals surface area contributed by atoms with Gasteiger partial charge in [0.2, 0.25) is 26.8 Å². The first-order valence-electron chi connectivity index (χ1n) is 5.44. The summed E-state index contributed by atoms with van der Waals surface area (Å²) in [6, 6.07) is 8.74. The van der Waals surface area contributed by atoms with Crippen molar-refractivity contribution < 1.29 is 13.2 Å². The fraction of sp³-hybridized carbons (Fsp3) is 0.182. The highest BCUT2D eigenvalue weighted by Gasteiger charge is 2.20. The predicted molar refractivity (Wildman–Crippen MR) is 68.0 cm³/mol. The Hall–Kier alpha value is -2.22. The van der Waals surface area contributed by atoms with Gasteiger partial charge < -0.3 is 0 Å². The second-order valence-electron chi connectivity index (χ2n) is 3.89. The number of nitrogens with zero attached hydrogens (tertiary/aromatic N) is 2. The number of nitrogens with one attached hydrogen (secondary N) is 2. The minimum Gasteiger partial charge on any atom is -0.293 e. The van der Waals surface area contributed by atoms with E-state index in [9.17, 15) is 13.2 Å². The minimum atomic E-state index is -3.61. The van der Waals surface area contributed by atoms with E-state index in [0.717, 1.165) is 0 Å². The molecule has 0 aliphatic heterocycles. The molecule has 2 aromatic rings. The highest BCUT2D eigenvalue weighted by molar-refractivity contribution is 7.90. The number of hydrogen-bond acceptors (Lipinski definition) is 5. The third kappa shape index (κ3) is 3.38. The maximum atomic E-state index is 12.1. The van der Waals surface area contributed by atoms with Crippen LogP contribution in [0, 0.1) is 0 Å². The number of benzene rings is 1. The quantitative estimate of drug-likeness (QED) is 0.859. The van der Waals surface area contributed by atoms with Gasteiger partial charge in [-0.3, -0.25) is 10.1 Å². The minimum absolute atomic E-state index is 0.0564. The molecule has 0 unspecified atom stereocenters. The van der Waals surface area contributed by atoms with E-state index in [1.807, 2.05) is 0 Å². The van der Waals surface area contributed by atoms with E-state index >= 15 is 0 Å². The van der Waals surface area contributed by atoms with E-state index in [0.29, 0.717) is 5.56 Å². The molecule has 19 heavy (non-hydrogen) atoms. The van der Waals surface area contributed by atoms with Gasteiger partial charge in [0, 0.05) is 6.92 Å². The number of hydrogen-bond donors (Lipinski definition) is 2. The summed E-state index contributed by atoms with van der Waals surface area (Å²) in [6.45, 7) is 1.29. The highest BCUT2D eigenvalue weighted by atomic mass is 32.2. The van der Waals surface area contributed by atoms with Crippen molar-refractivity contribution in [3.63, 3.8) is 0 Å². The van der Waals surface area contributed by atoms with E-state index in [1.165, 1.54) is 6.92 Å². The lowest BCUT2D eigenvalue weighted by atomic mass is 10.2. The van der Waals surface area contributed by atoms with Crippen molar-refractivity contribution in [2.45, 2.75) is 17.8 Å². The number of carbonyl (C=O) groups is 1. The van der Waals surface area contributed by atoms with E-state index in [2.05, 4.69) is 20.5 Å². The molecular formula is C11H12N4O3S. The summed E-state index contributed by atoms with van der Waals surface area (Å²) in [7, 11) is -3.61. The van der Waals surface area contributed by atoms with E-state index in [1.54, 1.807) is 30.3 Å². The Morgan fingerprint density at radius 3 is 2.63 bits per heavy atom. The van der Waals surface area contributed by atoms with E-state index in [4.69, 9.17) is 0 Å². The summed E-state index contributed by atoms with van der Waals surface area (Å²) in [5, 5.41) is 7.97. The topological polar surface area (TPSA) is 105 Å². The van der Waals surface area contributed by atoms with Crippen LogP contribution in [0.3, 0.4) is 0 Å². The second kappa shape index (κ2) is 5.19. The molecule has 0 fully saturated rings. The molecule has 0 aliphatic carbocycles. The van der Waals surface area contributed by atoms with Gasteiger partial charge in [0.1, 0.15) is 0 Å². The Morgan fingerprint density at radius 1 is 1.32 bits per heavy atom. The summed E-state index contributed by atoms with van der Waals surface area (Å²) in [5.74, 6) is -0.604. The number of anilines is 1. The summed E-state index contributed by atoms with van der Waals surface area (Å²) in [5.41, 5.74) is 0.653. The molecule has 7 nitrogen and oxygen atoms in total. The van der Waals surface area contributed by atoms with Gasteiger partial charge in [-0.1, -0.05) is 30.3 Å². The van der Waals surface area contributed by atoms with E-state index < -0.39 is 9.84 Å². The van der Waals surface area contributed by atoms with Crippen LogP contribution in [0.15, 0.2) is 35.5 Å². The average Bonchev–Trinajstić information content (AvgIpc) is 2.78. The van der Waals surface area contributed by atoms with Crippen LogP contribution in [-0.2, 0) is 20.4 Å². The molecule has 0 aliphatic rings. The Morgan fingerprint density at radius 2 is 2.00 bits per heavy atom. The van der Waals surface area contributed by atoms with Crippen molar-refractivity contribution in [3.8, 4) is 0 Å². The van der Waals surface area contributed by atoms with Crippen molar-refractivity contribution in [1.29, 1.82) is 0 Å². The number of carbonyl (C=O) groups excluding carboxylic acids is 1. The van der Waals surface area contributed by atoms with E-state index in [-0.39, 0.29) is 22.8 Å². The van der Waals surface area contributed by atoms with Crippen molar-refractivity contribution >= 4 is 21.7 Å². The van der Waals surface area contributed by atoms with Gasteiger partial charge in [-0.2, -0.15) is 4.98 Å². The fourth-order valence-electron chi connectivity index (χ4n) is 1.46. The third-order valence-electron chi connectivity index (χ3n) is 2.25. The Labute approximate surface area is 110 Å². The average molecular weight is 280 g/mol. The molecular weight excluding hydrogens is 268 g/mol. The number of rotatable bonds is 4. The molecule has 0 saturated carbocycles. The maximum absolute atomic E-state index is 12.1. The van der Waals surface area contributed by atoms with Crippen LogP contribution in [0.1, 0.15) is 12.5 Å². The van der Waals surface area contributed by atoms with Gasteiger partial charge in [-0.05, 0) is 5.56 Å². The zero-order valence-corrected chi connectivity index (χ0v) is 10.9. The number of amides is 1. The SMILES string of the molecule is CC(=O)Nc1n[nH]c(S(=O)(=O)Cc2ccccc2)n1. The van der Waals surface area contributed by atoms with Crippen LogP contribution in [0.25, 0.3) is 0 Å². The molecule has 1 amide bonds. The summed E-state index contributed by atoms with van der Waals surface area (Å²) < 4.78 is 24.1. The van der Waals surface area contributed by atoms with Crippen LogP contribution >= 0.6 is 0 Å². The third-order valence-corrected chi connectivity index (χ3v) is 3.73. The largest absolute Gasteiger partial charge is 0.293 e. The fourth-order valence-corrected chi connectivity index (χ4v) is 2.64. The molecule has 8 heteroatoms. The number of H-pyrrole nitrogens is 1. The van der Waals surface area contributed by atoms with Gasteiger partial charge in [0.25, 0.3) is 0 Å². The Bertz CT molecular complexity index is 679. The van der Waals surface area contributed by atoms with Crippen LogP contribution in [0.5, 0.6) is 0 Å². The maximum Gasteiger partial charge on any atom is 0.249 e. The molecule has 0 bridgehead atoms. The first-order valence-corrected chi connectivity index (χ1v) is 7.09. The second-order valence-corrected chi connectivity index (χ2v) is 5.79. The number of aromatic nitrogens is 3. The molecule has 1 aromatic heterocycles. The Balaban J connectivity index is 2.20. The van der Waals surface area contributed by atoms with Crippen molar-refractivity contribution in [3.05, 3.63) is 35.9 Å². The van der Waals surface area contributed by atoms with Gasteiger partial charge in [0.05, 0.1) is 5.75 Å². The lowest BCUT2D eigenvalue weighted by Gasteiger charge is -2.00. The molecule has 2 rings (SSSR count). The summed E-state index contributed by atoms with van der Waals surface area (Å²) in [4.78, 5) is 14.5. The summed E-state index contributed by atoms with van der Waals surface area (Å²) >= 11 is 0. The van der Waals surface area contributed by atoms with Crippen molar-refractivity contribution in [2.24, 2.45) is 0 Å². The van der Waals surface area contributed by atoms with Crippen molar-refractivity contribution in [2.75, 3.05) is 5.32 Å². The molecule has 2 N–H and O–H groups in total. The monoisotopic (exact) mass is 280 g/mol. The zero-order chi connectivity index (χ0) is 13.9. The predicted octanol–water partition coefficient (Wildman–Crippen LogP) is 0.737. The Kier molecular flexibility index (Phi) is 3.61.